The van der Waals surface area contributed by atoms with Crippen LogP contribution in [-0.4, -0.2) is 37.9 Å². The van der Waals surface area contributed by atoms with E-state index in [1.54, 1.807) is 12.2 Å². The van der Waals surface area contributed by atoms with Crippen LogP contribution >= 0.6 is 11.8 Å². The quantitative estimate of drug-likeness (QED) is 0.559. The number of ether oxygens (including phenoxy) is 1. The number of esters is 1. The molecule has 2 unspecified atom stereocenters. The summed E-state index contributed by atoms with van der Waals surface area (Å²) < 4.78 is 8.24. The van der Waals surface area contributed by atoms with Gasteiger partial charge in [0.15, 0.2) is 11.2 Å². The molecule has 1 aromatic carbocycles. The summed E-state index contributed by atoms with van der Waals surface area (Å²) in [6.45, 7) is 1.50. The van der Waals surface area contributed by atoms with Gasteiger partial charge < -0.3 is 4.74 Å². The second-order valence-corrected chi connectivity index (χ2v) is 7.23. The van der Waals surface area contributed by atoms with E-state index < -0.39 is 29.4 Å². The highest BCUT2D eigenvalue weighted by Crippen LogP contribution is 2.25. The van der Waals surface area contributed by atoms with Crippen LogP contribution in [-0.2, 0) is 20.9 Å². The Bertz CT molecular complexity index is 1000. The molecule has 0 N–H and O–H groups in total. The Morgan fingerprint density at radius 1 is 1.07 bits per heavy atom. The van der Waals surface area contributed by atoms with E-state index in [9.17, 15) is 19.2 Å². The molecule has 2 atom stereocenters. The molecule has 9 heteroatoms. The fourth-order valence-corrected chi connectivity index (χ4v) is 3.63. The van der Waals surface area contributed by atoms with Crippen LogP contribution in [0.3, 0.4) is 0 Å². The zero-order valence-electron chi connectivity index (χ0n) is 14.9. The summed E-state index contributed by atoms with van der Waals surface area (Å²) >= 11 is 1.03. The molecule has 2 heterocycles. The van der Waals surface area contributed by atoms with E-state index in [0.717, 1.165) is 26.6 Å². The first-order valence-corrected chi connectivity index (χ1v) is 9.32. The molecule has 0 saturated heterocycles. The van der Waals surface area contributed by atoms with Crippen molar-refractivity contribution in [2.45, 2.75) is 25.6 Å². The van der Waals surface area contributed by atoms with Crippen LogP contribution in [0.4, 0.5) is 0 Å². The first kappa shape index (κ1) is 19.0. The molecule has 142 valence electrons. The number of thioether (sulfide) groups is 1. The van der Waals surface area contributed by atoms with Gasteiger partial charge in [0.05, 0.1) is 13.2 Å². The number of benzene rings is 1. The lowest BCUT2D eigenvalue weighted by molar-refractivity contribution is -0.143. The number of hydrogen-bond acceptors (Lipinski definition) is 6. The smallest absolute Gasteiger partial charge is 0.348 e. The van der Waals surface area contributed by atoms with Crippen molar-refractivity contribution >= 4 is 22.8 Å². The SMILES string of the molecule is COC(=O)C1C=CC(c2ccccc2)n2c(=O)n(CCSC(C)=O)c(=O)n21. The van der Waals surface area contributed by atoms with Crippen molar-refractivity contribution in [3.63, 3.8) is 0 Å². The standard InChI is InChI=1S/C18H19N3O5S/c1-12(22)27-11-10-19-17(24)20-14(13-6-4-3-5-7-13)8-9-15(16(23)26-2)21(20)18(19)25/h3-9,14-15H,10-11H2,1-2H3. The van der Waals surface area contributed by atoms with E-state index in [2.05, 4.69) is 0 Å². The Morgan fingerprint density at radius 3 is 2.37 bits per heavy atom. The minimum Gasteiger partial charge on any atom is -0.467 e. The van der Waals surface area contributed by atoms with Crippen LogP contribution in [0, 0.1) is 0 Å². The van der Waals surface area contributed by atoms with Crippen LogP contribution in [0.25, 0.3) is 0 Å². The number of carbonyl (C=O) groups is 2. The molecule has 0 saturated carbocycles. The molecular weight excluding hydrogens is 370 g/mol. The number of aromatic nitrogens is 3. The summed E-state index contributed by atoms with van der Waals surface area (Å²) in [6.07, 6.45) is 3.28. The van der Waals surface area contributed by atoms with Crippen molar-refractivity contribution in [1.82, 2.24) is 13.9 Å². The van der Waals surface area contributed by atoms with Gasteiger partial charge in [-0.3, -0.25) is 4.79 Å². The van der Waals surface area contributed by atoms with E-state index in [-0.39, 0.29) is 11.7 Å². The van der Waals surface area contributed by atoms with Crippen LogP contribution in [0.5, 0.6) is 0 Å². The van der Waals surface area contributed by atoms with E-state index in [4.69, 9.17) is 4.74 Å². The number of rotatable bonds is 5. The maximum Gasteiger partial charge on any atom is 0.348 e. The van der Waals surface area contributed by atoms with Gasteiger partial charge in [0.25, 0.3) is 0 Å². The molecule has 0 fully saturated rings. The average molecular weight is 389 g/mol. The normalized spacial score (nSPS) is 18.1. The van der Waals surface area contributed by atoms with E-state index in [0.29, 0.717) is 5.75 Å². The fraction of sp³-hybridized carbons (Fsp3) is 0.333. The molecule has 0 amide bonds. The second kappa shape index (κ2) is 7.83. The Labute approximate surface area is 159 Å². The highest BCUT2D eigenvalue weighted by atomic mass is 32.2. The predicted octanol–water partition coefficient (Wildman–Crippen LogP) is 0.964. The number of hydrogen-bond donors (Lipinski definition) is 0. The van der Waals surface area contributed by atoms with E-state index >= 15 is 0 Å². The topological polar surface area (TPSA) is 92.3 Å². The number of allylic oxidation sites excluding steroid dienone is 1. The van der Waals surface area contributed by atoms with Crippen LogP contribution < -0.4 is 11.4 Å². The zero-order chi connectivity index (χ0) is 19.6. The molecule has 27 heavy (non-hydrogen) atoms. The summed E-state index contributed by atoms with van der Waals surface area (Å²) in [6, 6.07) is 7.68. The first-order valence-electron chi connectivity index (χ1n) is 8.34. The van der Waals surface area contributed by atoms with Gasteiger partial charge >= 0.3 is 17.3 Å². The molecule has 0 aliphatic carbocycles. The molecule has 2 aromatic rings. The molecule has 0 bridgehead atoms. The zero-order valence-corrected chi connectivity index (χ0v) is 15.7. The third-order valence-corrected chi connectivity index (χ3v) is 5.09. The van der Waals surface area contributed by atoms with Gasteiger partial charge in [-0.25, -0.2) is 28.3 Å². The molecule has 8 nitrogen and oxygen atoms in total. The maximum absolute atomic E-state index is 13.0. The van der Waals surface area contributed by atoms with Gasteiger partial charge in [-0.15, -0.1) is 0 Å². The summed E-state index contributed by atoms with van der Waals surface area (Å²) in [5.74, 6) is -0.343. The Hall–Kier alpha value is -2.81. The van der Waals surface area contributed by atoms with Crippen LogP contribution in [0.2, 0.25) is 0 Å². The van der Waals surface area contributed by atoms with Gasteiger partial charge in [-0.05, 0) is 5.56 Å². The molecule has 1 aromatic heterocycles. The third kappa shape index (κ3) is 3.55. The Balaban J connectivity index is 2.12. The first-order chi connectivity index (χ1) is 13.0. The van der Waals surface area contributed by atoms with Gasteiger partial charge in [0, 0.05) is 19.2 Å². The van der Waals surface area contributed by atoms with E-state index in [1.165, 1.54) is 18.7 Å². The maximum atomic E-state index is 13.0. The Kier molecular flexibility index (Phi) is 5.50. The van der Waals surface area contributed by atoms with Gasteiger partial charge in [0.2, 0.25) is 0 Å². The number of fused-ring (bicyclic) bond motifs is 1. The number of carbonyl (C=O) groups excluding carboxylic acids is 2. The monoisotopic (exact) mass is 389 g/mol. The lowest BCUT2D eigenvalue weighted by Gasteiger charge is -2.25. The number of nitrogens with zero attached hydrogens (tertiary/aromatic N) is 3. The van der Waals surface area contributed by atoms with Crippen molar-refractivity contribution in [2.75, 3.05) is 12.9 Å². The lowest BCUT2D eigenvalue weighted by atomic mass is 10.0. The van der Waals surface area contributed by atoms with Crippen molar-refractivity contribution in [1.29, 1.82) is 0 Å². The van der Waals surface area contributed by atoms with Crippen LogP contribution in [0.1, 0.15) is 24.6 Å². The van der Waals surface area contributed by atoms with Gasteiger partial charge in [-0.2, -0.15) is 0 Å². The van der Waals surface area contributed by atoms with Crippen LogP contribution in [0.15, 0.2) is 52.1 Å². The largest absolute Gasteiger partial charge is 0.467 e. The summed E-state index contributed by atoms with van der Waals surface area (Å²) in [5.41, 5.74) is -0.329. The molecule has 1 aliphatic rings. The van der Waals surface area contributed by atoms with E-state index in [1.807, 2.05) is 30.3 Å². The lowest BCUT2D eigenvalue weighted by Crippen LogP contribution is -2.38. The molecule has 1 aliphatic heterocycles. The van der Waals surface area contributed by atoms with Crippen molar-refractivity contribution in [3.05, 3.63) is 69.0 Å². The molecular formula is C18H19N3O5S. The molecule has 0 radical (unpaired) electrons. The predicted molar refractivity (Wildman–Crippen MR) is 101 cm³/mol. The fourth-order valence-electron chi connectivity index (χ4n) is 3.07. The molecule has 0 spiro atoms. The highest BCUT2D eigenvalue weighted by molar-refractivity contribution is 8.13. The van der Waals surface area contributed by atoms with Crippen molar-refractivity contribution in [2.24, 2.45) is 0 Å². The second-order valence-electron chi connectivity index (χ2n) is 5.95. The molecule has 3 rings (SSSR count). The van der Waals surface area contributed by atoms with Gasteiger partial charge in [0.1, 0.15) is 0 Å². The Morgan fingerprint density at radius 2 is 1.74 bits per heavy atom. The summed E-state index contributed by atoms with van der Waals surface area (Å²) in [4.78, 5) is 49.1. The van der Waals surface area contributed by atoms with Gasteiger partial charge in [-0.1, -0.05) is 54.2 Å². The number of methoxy groups -OCH3 is 1. The van der Waals surface area contributed by atoms with Crippen molar-refractivity contribution < 1.29 is 14.3 Å². The summed E-state index contributed by atoms with van der Waals surface area (Å²) in [7, 11) is 1.23. The minimum absolute atomic E-state index is 0.0737. The minimum atomic E-state index is -1.02. The highest BCUT2D eigenvalue weighted by Gasteiger charge is 2.33. The average Bonchev–Trinajstić information content (AvgIpc) is 2.92. The summed E-state index contributed by atoms with van der Waals surface area (Å²) in [5, 5.41) is -0.0941. The van der Waals surface area contributed by atoms with Crippen molar-refractivity contribution in [3.8, 4) is 0 Å². The third-order valence-electron chi connectivity index (χ3n) is 4.29.